The Morgan fingerprint density at radius 1 is 1.35 bits per heavy atom. The Hall–Kier alpha value is -2.08. The molecule has 2 amide bonds. The van der Waals surface area contributed by atoms with Gasteiger partial charge in [-0.3, -0.25) is 9.59 Å². The van der Waals surface area contributed by atoms with E-state index in [0.29, 0.717) is 11.3 Å². The van der Waals surface area contributed by atoms with Crippen molar-refractivity contribution in [3.05, 3.63) is 29.8 Å². The first-order chi connectivity index (χ1) is 8.00. The van der Waals surface area contributed by atoms with E-state index in [9.17, 15) is 9.59 Å². The lowest BCUT2D eigenvalue weighted by molar-refractivity contribution is -0.126. The predicted molar refractivity (Wildman–Crippen MR) is 62.8 cm³/mol. The zero-order chi connectivity index (χ0) is 12.8. The molecule has 0 fully saturated rings. The number of nitrogens with one attached hydrogen (secondary N) is 1. The highest BCUT2D eigenvalue weighted by Crippen LogP contribution is 2.10. The zero-order valence-electron chi connectivity index (χ0n) is 9.22. The number of amides is 2. The summed E-state index contributed by atoms with van der Waals surface area (Å²) in [7, 11) is 0. The molecule has 1 atom stereocenters. The number of anilines is 1. The largest absolute Gasteiger partial charge is 0.398 e. The smallest absolute Gasteiger partial charge is 0.248 e. The number of primary amides is 1. The minimum Gasteiger partial charge on any atom is -0.398 e. The van der Waals surface area contributed by atoms with Gasteiger partial charge in [0, 0.05) is 5.69 Å². The second-order valence-electron chi connectivity index (χ2n) is 3.60. The van der Waals surface area contributed by atoms with Crippen molar-refractivity contribution < 1.29 is 14.7 Å². The number of carbonyl (C=O) groups is 2. The van der Waals surface area contributed by atoms with E-state index in [1.54, 1.807) is 24.3 Å². The molecule has 1 aromatic carbocycles. The molecule has 0 saturated carbocycles. The number of nitrogens with two attached hydrogens (primary N) is 2. The molecule has 6 heteroatoms. The van der Waals surface area contributed by atoms with Gasteiger partial charge in [-0.2, -0.15) is 0 Å². The lowest BCUT2D eigenvalue weighted by Gasteiger charge is -2.09. The Balaban J connectivity index is 2.46. The van der Waals surface area contributed by atoms with Crippen molar-refractivity contribution in [1.82, 2.24) is 5.32 Å². The van der Waals surface area contributed by atoms with Crippen LogP contribution in [0.1, 0.15) is 5.56 Å². The van der Waals surface area contributed by atoms with Gasteiger partial charge in [0.1, 0.15) is 6.10 Å². The number of para-hydroxylation sites is 1. The van der Waals surface area contributed by atoms with Crippen LogP contribution < -0.4 is 16.8 Å². The number of hydrogen-bond donors (Lipinski definition) is 4. The van der Waals surface area contributed by atoms with Crippen LogP contribution in [0.2, 0.25) is 0 Å². The summed E-state index contributed by atoms with van der Waals surface area (Å²) in [6.45, 7) is -0.194. The number of benzene rings is 1. The number of aliphatic hydroxyl groups excluding tert-OH is 1. The van der Waals surface area contributed by atoms with Crippen molar-refractivity contribution in [3.8, 4) is 0 Å². The molecular weight excluding hydrogens is 222 g/mol. The maximum absolute atomic E-state index is 11.5. The molecule has 0 spiro atoms. The van der Waals surface area contributed by atoms with E-state index in [1.165, 1.54) is 0 Å². The molecule has 1 rings (SSSR count). The molecule has 1 unspecified atom stereocenters. The standard InChI is InChI=1S/C11H15N3O3/c12-8-4-2-1-3-7(8)5-10(16)14-6-9(15)11(13)17/h1-4,9,15H,5-6,12H2,(H2,13,17)(H,14,16). The second-order valence-corrected chi connectivity index (χ2v) is 3.60. The van der Waals surface area contributed by atoms with E-state index in [0.717, 1.165) is 0 Å². The first kappa shape index (κ1) is 13.0. The summed E-state index contributed by atoms with van der Waals surface area (Å²) < 4.78 is 0. The van der Waals surface area contributed by atoms with Gasteiger partial charge < -0.3 is 21.9 Å². The van der Waals surface area contributed by atoms with Crippen molar-refractivity contribution in [1.29, 1.82) is 0 Å². The number of nitrogen functional groups attached to an aromatic ring is 1. The number of carbonyl (C=O) groups excluding carboxylic acids is 2. The third-order valence-corrected chi connectivity index (χ3v) is 2.23. The summed E-state index contributed by atoms with van der Waals surface area (Å²) in [5, 5.41) is 11.5. The summed E-state index contributed by atoms with van der Waals surface area (Å²) in [4.78, 5) is 22.0. The first-order valence-electron chi connectivity index (χ1n) is 5.08. The van der Waals surface area contributed by atoms with Crippen LogP contribution in [0, 0.1) is 0 Å². The Labute approximate surface area is 98.6 Å². The SMILES string of the molecule is NC(=O)C(O)CNC(=O)Cc1ccccc1N. The molecule has 6 N–H and O–H groups in total. The topological polar surface area (TPSA) is 118 Å². The van der Waals surface area contributed by atoms with Crippen LogP contribution in [0.3, 0.4) is 0 Å². The lowest BCUT2D eigenvalue weighted by Crippen LogP contribution is -2.40. The summed E-state index contributed by atoms with van der Waals surface area (Å²) in [5.74, 6) is -1.20. The van der Waals surface area contributed by atoms with E-state index < -0.39 is 12.0 Å². The molecule has 0 aliphatic carbocycles. The maximum Gasteiger partial charge on any atom is 0.248 e. The number of rotatable bonds is 5. The highest BCUT2D eigenvalue weighted by molar-refractivity contribution is 5.82. The summed E-state index contributed by atoms with van der Waals surface area (Å²) in [6.07, 6.45) is -1.27. The fraction of sp³-hybridized carbons (Fsp3) is 0.273. The van der Waals surface area contributed by atoms with Crippen LogP contribution in [0.5, 0.6) is 0 Å². The molecule has 0 aliphatic heterocycles. The van der Waals surface area contributed by atoms with Gasteiger partial charge in [-0.1, -0.05) is 18.2 Å². The van der Waals surface area contributed by atoms with Crippen LogP contribution >= 0.6 is 0 Å². The van der Waals surface area contributed by atoms with Crippen LogP contribution in [0.15, 0.2) is 24.3 Å². The normalized spacial score (nSPS) is 11.8. The molecule has 17 heavy (non-hydrogen) atoms. The van der Waals surface area contributed by atoms with Gasteiger partial charge in [0.15, 0.2) is 0 Å². The van der Waals surface area contributed by atoms with E-state index >= 15 is 0 Å². The van der Waals surface area contributed by atoms with Gasteiger partial charge in [0.2, 0.25) is 11.8 Å². The number of hydrogen-bond acceptors (Lipinski definition) is 4. The minimum absolute atomic E-state index is 0.0954. The van der Waals surface area contributed by atoms with Gasteiger partial charge in [-0.25, -0.2) is 0 Å². The molecular formula is C11H15N3O3. The van der Waals surface area contributed by atoms with Crippen molar-refractivity contribution in [2.45, 2.75) is 12.5 Å². The van der Waals surface area contributed by atoms with E-state index in [4.69, 9.17) is 16.6 Å². The zero-order valence-corrected chi connectivity index (χ0v) is 9.22. The molecule has 6 nitrogen and oxygen atoms in total. The van der Waals surface area contributed by atoms with Gasteiger partial charge in [-0.05, 0) is 11.6 Å². The van der Waals surface area contributed by atoms with Crippen molar-refractivity contribution in [2.24, 2.45) is 5.73 Å². The van der Waals surface area contributed by atoms with Crippen LogP contribution in [0.4, 0.5) is 5.69 Å². The van der Waals surface area contributed by atoms with E-state index in [2.05, 4.69) is 5.32 Å². The third-order valence-electron chi connectivity index (χ3n) is 2.23. The molecule has 0 aliphatic rings. The molecule has 92 valence electrons. The minimum atomic E-state index is -1.37. The lowest BCUT2D eigenvalue weighted by atomic mass is 10.1. The summed E-state index contributed by atoms with van der Waals surface area (Å²) in [6, 6.07) is 6.98. The van der Waals surface area contributed by atoms with Crippen LogP contribution in [0.25, 0.3) is 0 Å². The van der Waals surface area contributed by atoms with Crippen LogP contribution in [-0.2, 0) is 16.0 Å². The summed E-state index contributed by atoms with van der Waals surface area (Å²) in [5.41, 5.74) is 11.7. The quantitative estimate of drug-likeness (QED) is 0.479. The Morgan fingerprint density at radius 2 is 2.00 bits per heavy atom. The van der Waals surface area contributed by atoms with Crippen molar-refractivity contribution in [3.63, 3.8) is 0 Å². The maximum atomic E-state index is 11.5. The van der Waals surface area contributed by atoms with Gasteiger partial charge in [-0.15, -0.1) is 0 Å². The first-order valence-corrected chi connectivity index (χ1v) is 5.08. The molecule has 0 radical (unpaired) electrons. The average Bonchev–Trinajstić information content (AvgIpc) is 2.29. The van der Waals surface area contributed by atoms with Crippen molar-refractivity contribution >= 4 is 17.5 Å². The highest BCUT2D eigenvalue weighted by atomic mass is 16.3. The van der Waals surface area contributed by atoms with E-state index in [1.807, 2.05) is 0 Å². The second kappa shape index (κ2) is 5.86. The van der Waals surface area contributed by atoms with E-state index in [-0.39, 0.29) is 18.9 Å². The van der Waals surface area contributed by atoms with Gasteiger partial charge in [0.05, 0.1) is 13.0 Å². The third kappa shape index (κ3) is 4.12. The predicted octanol–water partition coefficient (Wildman–Crippen LogP) is -1.23. The molecule has 0 saturated heterocycles. The Kier molecular flexibility index (Phi) is 4.47. The molecule has 0 heterocycles. The van der Waals surface area contributed by atoms with Gasteiger partial charge >= 0.3 is 0 Å². The fourth-order valence-electron chi connectivity index (χ4n) is 1.24. The van der Waals surface area contributed by atoms with Gasteiger partial charge in [0.25, 0.3) is 0 Å². The molecule has 0 aromatic heterocycles. The van der Waals surface area contributed by atoms with Crippen LogP contribution in [-0.4, -0.2) is 29.6 Å². The van der Waals surface area contributed by atoms with Crippen molar-refractivity contribution in [2.75, 3.05) is 12.3 Å². The Bertz CT molecular complexity index is 420. The fourth-order valence-corrected chi connectivity index (χ4v) is 1.24. The summed E-state index contributed by atoms with van der Waals surface area (Å²) >= 11 is 0. The molecule has 0 bridgehead atoms. The average molecular weight is 237 g/mol. The number of aliphatic hydroxyl groups is 1. The monoisotopic (exact) mass is 237 g/mol. The Morgan fingerprint density at radius 3 is 2.59 bits per heavy atom. The highest BCUT2D eigenvalue weighted by Gasteiger charge is 2.12. The molecule has 1 aromatic rings.